The van der Waals surface area contributed by atoms with Gasteiger partial charge in [-0.2, -0.15) is 0 Å². The first kappa shape index (κ1) is 18.1. The molecular formula is C22H25NO3. The molecule has 1 heterocycles. The SMILES string of the molecule is COc1cc(C=C(C(=O)N2CCCC(C)C2)c2ccccc2)ccc1O. The van der Waals surface area contributed by atoms with Crippen molar-refractivity contribution in [1.29, 1.82) is 0 Å². The number of likely N-dealkylation sites (tertiary alicyclic amines) is 1. The highest BCUT2D eigenvalue weighted by molar-refractivity contribution is 6.24. The van der Waals surface area contributed by atoms with E-state index < -0.39 is 0 Å². The van der Waals surface area contributed by atoms with Crippen LogP contribution in [0.25, 0.3) is 11.6 Å². The fraction of sp³-hybridized carbons (Fsp3) is 0.318. The van der Waals surface area contributed by atoms with Gasteiger partial charge >= 0.3 is 0 Å². The summed E-state index contributed by atoms with van der Waals surface area (Å²) in [5.41, 5.74) is 2.37. The van der Waals surface area contributed by atoms with E-state index in [1.54, 1.807) is 18.2 Å². The summed E-state index contributed by atoms with van der Waals surface area (Å²) in [7, 11) is 1.51. The third-order valence-electron chi connectivity index (χ3n) is 4.77. The second kappa shape index (κ2) is 8.09. The van der Waals surface area contributed by atoms with E-state index in [0.717, 1.165) is 30.6 Å². The van der Waals surface area contributed by atoms with Crippen LogP contribution in [0, 0.1) is 5.92 Å². The van der Waals surface area contributed by atoms with Gasteiger partial charge in [0.25, 0.3) is 5.91 Å². The number of aromatic hydroxyl groups is 1. The van der Waals surface area contributed by atoms with Gasteiger partial charge in [0.1, 0.15) is 0 Å². The fourth-order valence-corrected chi connectivity index (χ4v) is 3.38. The van der Waals surface area contributed by atoms with Crippen molar-refractivity contribution in [2.24, 2.45) is 5.92 Å². The molecule has 2 aromatic carbocycles. The minimum atomic E-state index is 0.0507. The van der Waals surface area contributed by atoms with Crippen molar-refractivity contribution >= 4 is 17.6 Å². The molecule has 1 atom stereocenters. The summed E-state index contributed by atoms with van der Waals surface area (Å²) in [5, 5.41) is 9.81. The molecule has 0 saturated carbocycles. The maximum Gasteiger partial charge on any atom is 0.254 e. The van der Waals surface area contributed by atoms with E-state index in [0.29, 0.717) is 17.2 Å². The first-order chi connectivity index (χ1) is 12.6. The van der Waals surface area contributed by atoms with Crippen LogP contribution in [-0.4, -0.2) is 36.1 Å². The average Bonchev–Trinajstić information content (AvgIpc) is 2.67. The van der Waals surface area contributed by atoms with Gasteiger partial charge in [0.2, 0.25) is 0 Å². The van der Waals surface area contributed by atoms with Gasteiger partial charge in [0.05, 0.1) is 7.11 Å². The number of hydrogen-bond acceptors (Lipinski definition) is 3. The third-order valence-corrected chi connectivity index (χ3v) is 4.77. The molecule has 1 fully saturated rings. The molecule has 0 radical (unpaired) electrons. The number of ether oxygens (including phenoxy) is 1. The fourth-order valence-electron chi connectivity index (χ4n) is 3.38. The Morgan fingerprint density at radius 3 is 2.69 bits per heavy atom. The van der Waals surface area contributed by atoms with Gasteiger partial charge in [0.15, 0.2) is 11.5 Å². The van der Waals surface area contributed by atoms with Crippen LogP contribution >= 0.6 is 0 Å². The van der Waals surface area contributed by atoms with Crippen LogP contribution in [0.1, 0.15) is 30.9 Å². The van der Waals surface area contributed by atoms with Crippen LogP contribution < -0.4 is 4.74 Å². The lowest BCUT2D eigenvalue weighted by molar-refractivity contribution is -0.126. The number of amides is 1. The Morgan fingerprint density at radius 1 is 1.23 bits per heavy atom. The first-order valence-electron chi connectivity index (χ1n) is 9.02. The number of hydrogen-bond donors (Lipinski definition) is 1. The van der Waals surface area contributed by atoms with Gasteiger partial charge in [0, 0.05) is 18.7 Å². The van der Waals surface area contributed by atoms with Crippen molar-refractivity contribution < 1.29 is 14.6 Å². The van der Waals surface area contributed by atoms with Crippen molar-refractivity contribution in [1.82, 2.24) is 4.90 Å². The van der Waals surface area contributed by atoms with Gasteiger partial charge in [-0.05, 0) is 48.1 Å². The standard InChI is InChI=1S/C22H25NO3/c1-16-7-6-12-23(15-16)22(25)19(18-8-4-3-5-9-18)13-17-10-11-20(24)21(14-17)26-2/h3-5,8-11,13-14,16,24H,6-7,12,15H2,1-2H3. The van der Waals surface area contributed by atoms with E-state index in [-0.39, 0.29) is 11.7 Å². The minimum Gasteiger partial charge on any atom is -0.504 e. The summed E-state index contributed by atoms with van der Waals surface area (Å²) in [5.74, 6) is 1.06. The molecule has 0 aliphatic carbocycles. The Kier molecular flexibility index (Phi) is 5.61. The molecule has 1 unspecified atom stereocenters. The Balaban J connectivity index is 2.00. The number of piperidine rings is 1. The smallest absolute Gasteiger partial charge is 0.254 e. The highest BCUT2D eigenvalue weighted by atomic mass is 16.5. The molecule has 1 aliphatic heterocycles. The lowest BCUT2D eigenvalue weighted by atomic mass is 9.97. The van der Waals surface area contributed by atoms with Gasteiger partial charge < -0.3 is 14.7 Å². The normalized spacial score (nSPS) is 17.8. The summed E-state index contributed by atoms with van der Waals surface area (Å²) < 4.78 is 5.19. The monoisotopic (exact) mass is 351 g/mol. The number of carbonyl (C=O) groups is 1. The van der Waals surface area contributed by atoms with E-state index in [1.807, 2.05) is 41.3 Å². The minimum absolute atomic E-state index is 0.0507. The van der Waals surface area contributed by atoms with E-state index in [9.17, 15) is 9.90 Å². The Bertz CT molecular complexity index is 798. The highest BCUT2D eigenvalue weighted by Crippen LogP contribution is 2.29. The zero-order chi connectivity index (χ0) is 18.5. The van der Waals surface area contributed by atoms with Crippen LogP contribution in [0.3, 0.4) is 0 Å². The van der Waals surface area contributed by atoms with Crippen molar-refractivity contribution in [2.75, 3.05) is 20.2 Å². The molecule has 1 N–H and O–H groups in total. The molecule has 3 rings (SSSR count). The highest BCUT2D eigenvalue weighted by Gasteiger charge is 2.24. The molecule has 0 spiro atoms. The zero-order valence-electron chi connectivity index (χ0n) is 15.3. The second-order valence-electron chi connectivity index (χ2n) is 6.85. The van der Waals surface area contributed by atoms with Crippen LogP contribution in [0.2, 0.25) is 0 Å². The molecular weight excluding hydrogens is 326 g/mol. The number of rotatable bonds is 4. The summed E-state index contributed by atoms with van der Waals surface area (Å²) in [6, 6.07) is 14.8. The molecule has 0 aromatic heterocycles. The molecule has 2 aromatic rings. The molecule has 136 valence electrons. The molecule has 26 heavy (non-hydrogen) atoms. The van der Waals surface area contributed by atoms with E-state index in [4.69, 9.17) is 4.74 Å². The lowest BCUT2D eigenvalue weighted by Crippen LogP contribution is -2.39. The maximum atomic E-state index is 13.2. The number of phenols is 1. The van der Waals surface area contributed by atoms with Gasteiger partial charge in [-0.1, -0.05) is 43.3 Å². The molecule has 4 nitrogen and oxygen atoms in total. The lowest BCUT2D eigenvalue weighted by Gasteiger charge is -2.31. The molecule has 1 aliphatic rings. The third kappa shape index (κ3) is 4.07. The van der Waals surface area contributed by atoms with Gasteiger partial charge in [-0.3, -0.25) is 4.79 Å². The Morgan fingerprint density at radius 2 is 2.00 bits per heavy atom. The molecule has 4 heteroatoms. The van der Waals surface area contributed by atoms with E-state index in [1.165, 1.54) is 13.5 Å². The predicted molar refractivity (Wildman–Crippen MR) is 104 cm³/mol. The second-order valence-corrected chi connectivity index (χ2v) is 6.85. The van der Waals surface area contributed by atoms with E-state index in [2.05, 4.69) is 6.92 Å². The Hall–Kier alpha value is -2.75. The number of benzene rings is 2. The van der Waals surface area contributed by atoms with Crippen molar-refractivity contribution in [3.8, 4) is 11.5 Å². The maximum absolute atomic E-state index is 13.2. The van der Waals surface area contributed by atoms with Gasteiger partial charge in [-0.25, -0.2) is 0 Å². The van der Waals surface area contributed by atoms with Crippen LogP contribution in [0.5, 0.6) is 11.5 Å². The van der Waals surface area contributed by atoms with E-state index >= 15 is 0 Å². The molecule has 0 bridgehead atoms. The van der Waals surface area contributed by atoms with Crippen molar-refractivity contribution in [3.05, 3.63) is 59.7 Å². The Labute approximate surface area is 154 Å². The summed E-state index contributed by atoms with van der Waals surface area (Å²) >= 11 is 0. The number of methoxy groups -OCH3 is 1. The largest absolute Gasteiger partial charge is 0.504 e. The van der Waals surface area contributed by atoms with Crippen LogP contribution in [0.4, 0.5) is 0 Å². The summed E-state index contributed by atoms with van der Waals surface area (Å²) in [6.07, 6.45) is 4.09. The topological polar surface area (TPSA) is 49.8 Å². The van der Waals surface area contributed by atoms with Gasteiger partial charge in [-0.15, -0.1) is 0 Å². The molecule has 1 saturated heterocycles. The number of nitrogens with zero attached hydrogens (tertiary/aromatic N) is 1. The zero-order valence-corrected chi connectivity index (χ0v) is 15.3. The number of carbonyl (C=O) groups excluding carboxylic acids is 1. The average molecular weight is 351 g/mol. The quantitative estimate of drug-likeness (QED) is 0.663. The van der Waals surface area contributed by atoms with Crippen LogP contribution in [-0.2, 0) is 4.79 Å². The predicted octanol–water partition coefficient (Wildman–Crippen LogP) is 4.20. The van der Waals surface area contributed by atoms with Crippen molar-refractivity contribution in [2.45, 2.75) is 19.8 Å². The first-order valence-corrected chi connectivity index (χ1v) is 9.02. The van der Waals surface area contributed by atoms with Crippen molar-refractivity contribution in [3.63, 3.8) is 0 Å². The van der Waals surface area contributed by atoms with Crippen LogP contribution in [0.15, 0.2) is 48.5 Å². The summed E-state index contributed by atoms with van der Waals surface area (Å²) in [6.45, 7) is 3.78. The number of phenolic OH excluding ortho intramolecular Hbond substituents is 1. The molecule has 1 amide bonds. The summed E-state index contributed by atoms with van der Waals surface area (Å²) in [4.78, 5) is 15.2.